The standard InChI is InChI=1S/C25H25FN4O3/c1-15-4-3-5-17(10-15)24(31)30(2)14-20-9-6-16(23(27)28)12-22(20)29-13-19-8-7-18(25(32)33)11-21(19)26/h3-12,29H,13-14H2,1-2H3,(H3,27,28)(H,32,33). The lowest BCUT2D eigenvalue weighted by atomic mass is 10.1. The van der Waals surface area contributed by atoms with Crippen molar-refractivity contribution in [3.63, 3.8) is 0 Å². The number of carboxylic acids is 1. The Kier molecular flexibility index (Phi) is 7.07. The number of hydrogen-bond acceptors (Lipinski definition) is 4. The summed E-state index contributed by atoms with van der Waals surface area (Å²) in [7, 11) is 1.69. The Bertz CT molecular complexity index is 1230. The van der Waals surface area contributed by atoms with Gasteiger partial charge in [0.15, 0.2) is 0 Å². The number of nitrogen functional groups attached to an aromatic ring is 1. The molecule has 5 N–H and O–H groups in total. The Hall–Kier alpha value is -4.20. The Balaban J connectivity index is 1.83. The summed E-state index contributed by atoms with van der Waals surface area (Å²) < 4.78 is 14.3. The third kappa shape index (κ3) is 5.74. The van der Waals surface area contributed by atoms with Crippen molar-refractivity contribution in [3.05, 3.63) is 99.9 Å². The number of anilines is 1. The van der Waals surface area contributed by atoms with Crippen molar-refractivity contribution in [3.8, 4) is 0 Å². The summed E-state index contributed by atoms with van der Waals surface area (Å²) >= 11 is 0. The smallest absolute Gasteiger partial charge is 0.335 e. The molecular weight excluding hydrogens is 423 g/mol. The van der Waals surface area contributed by atoms with Gasteiger partial charge in [-0.15, -0.1) is 0 Å². The predicted octanol–water partition coefficient (Wildman–Crippen LogP) is 4.00. The van der Waals surface area contributed by atoms with E-state index in [4.69, 9.17) is 16.2 Å². The molecule has 0 aliphatic rings. The molecule has 8 heteroatoms. The molecule has 33 heavy (non-hydrogen) atoms. The van der Waals surface area contributed by atoms with Gasteiger partial charge in [-0.2, -0.15) is 0 Å². The number of carbonyl (C=O) groups excluding carboxylic acids is 1. The molecule has 0 fully saturated rings. The van der Waals surface area contributed by atoms with E-state index in [1.807, 2.05) is 25.1 Å². The van der Waals surface area contributed by atoms with Crippen LogP contribution in [-0.4, -0.2) is 34.8 Å². The highest BCUT2D eigenvalue weighted by Crippen LogP contribution is 2.22. The summed E-state index contributed by atoms with van der Waals surface area (Å²) in [4.78, 5) is 25.4. The molecule has 3 aromatic carbocycles. The summed E-state index contributed by atoms with van der Waals surface area (Å²) in [6.07, 6.45) is 0. The molecule has 0 atom stereocenters. The molecule has 0 aliphatic heterocycles. The molecule has 170 valence electrons. The molecule has 0 aliphatic carbocycles. The fourth-order valence-electron chi connectivity index (χ4n) is 3.39. The lowest BCUT2D eigenvalue weighted by molar-refractivity contribution is 0.0695. The first-order valence-electron chi connectivity index (χ1n) is 10.2. The highest BCUT2D eigenvalue weighted by molar-refractivity contribution is 5.96. The number of amides is 1. The highest BCUT2D eigenvalue weighted by Gasteiger charge is 2.15. The maximum atomic E-state index is 14.3. The van der Waals surface area contributed by atoms with Gasteiger partial charge in [-0.25, -0.2) is 9.18 Å². The molecule has 0 spiro atoms. The minimum Gasteiger partial charge on any atom is -0.478 e. The number of amidine groups is 1. The van der Waals surface area contributed by atoms with Gasteiger partial charge in [-0.1, -0.05) is 35.9 Å². The summed E-state index contributed by atoms with van der Waals surface area (Å²) in [6.45, 7) is 2.27. The number of nitrogens with zero attached hydrogens (tertiary/aromatic N) is 1. The number of carbonyl (C=O) groups is 2. The Morgan fingerprint density at radius 2 is 1.73 bits per heavy atom. The molecule has 0 unspecified atom stereocenters. The van der Waals surface area contributed by atoms with Crippen LogP contribution in [-0.2, 0) is 13.1 Å². The van der Waals surface area contributed by atoms with Crippen LogP contribution >= 0.6 is 0 Å². The summed E-state index contributed by atoms with van der Waals surface area (Å²) in [5.74, 6) is -2.11. The minimum atomic E-state index is -1.20. The van der Waals surface area contributed by atoms with E-state index < -0.39 is 11.8 Å². The van der Waals surface area contributed by atoms with E-state index >= 15 is 0 Å². The first-order chi connectivity index (χ1) is 15.7. The van der Waals surface area contributed by atoms with Crippen molar-refractivity contribution in [1.29, 1.82) is 5.41 Å². The maximum absolute atomic E-state index is 14.3. The van der Waals surface area contributed by atoms with Crippen LogP contribution in [0.15, 0.2) is 60.7 Å². The van der Waals surface area contributed by atoms with Crippen LogP contribution < -0.4 is 11.1 Å². The monoisotopic (exact) mass is 448 g/mol. The first kappa shape index (κ1) is 23.5. The van der Waals surface area contributed by atoms with Gasteiger partial charge in [0.1, 0.15) is 11.7 Å². The maximum Gasteiger partial charge on any atom is 0.335 e. The summed E-state index contributed by atoms with van der Waals surface area (Å²) in [6, 6.07) is 16.2. The molecule has 0 saturated heterocycles. The van der Waals surface area contributed by atoms with Crippen LogP contribution in [0, 0.1) is 18.2 Å². The van der Waals surface area contributed by atoms with Gasteiger partial charge < -0.3 is 21.1 Å². The van der Waals surface area contributed by atoms with Gasteiger partial charge in [0, 0.05) is 42.5 Å². The van der Waals surface area contributed by atoms with Crippen molar-refractivity contribution in [2.75, 3.05) is 12.4 Å². The molecule has 7 nitrogen and oxygen atoms in total. The number of halogens is 1. The normalized spacial score (nSPS) is 10.5. The molecule has 0 radical (unpaired) electrons. The molecule has 1 amide bonds. The highest BCUT2D eigenvalue weighted by atomic mass is 19.1. The zero-order valence-electron chi connectivity index (χ0n) is 18.4. The average molecular weight is 448 g/mol. The number of hydrogen-bond donors (Lipinski definition) is 4. The van der Waals surface area contributed by atoms with Crippen LogP contribution in [0.5, 0.6) is 0 Å². The van der Waals surface area contributed by atoms with Crippen LogP contribution in [0.2, 0.25) is 0 Å². The Labute approximate surface area is 191 Å². The van der Waals surface area contributed by atoms with Crippen molar-refractivity contribution in [2.45, 2.75) is 20.0 Å². The van der Waals surface area contributed by atoms with E-state index in [1.54, 1.807) is 36.2 Å². The summed E-state index contributed by atoms with van der Waals surface area (Å²) in [5.41, 5.74) is 9.16. The lowest BCUT2D eigenvalue weighted by Crippen LogP contribution is -2.27. The number of nitrogens with one attached hydrogen (secondary N) is 2. The second-order valence-electron chi connectivity index (χ2n) is 7.78. The third-order valence-electron chi connectivity index (χ3n) is 5.21. The molecular formula is C25H25FN4O3. The molecule has 3 rings (SSSR count). The lowest BCUT2D eigenvalue weighted by Gasteiger charge is -2.21. The molecule has 0 aromatic heterocycles. The second-order valence-corrected chi connectivity index (χ2v) is 7.78. The third-order valence-corrected chi connectivity index (χ3v) is 5.21. The van der Waals surface area contributed by atoms with Gasteiger partial charge in [0.2, 0.25) is 0 Å². The van der Waals surface area contributed by atoms with Crippen LogP contribution in [0.4, 0.5) is 10.1 Å². The second kappa shape index (κ2) is 9.95. The SMILES string of the molecule is Cc1cccc(C(=O)N(C)Cc2ccc(C(=N)N)cc2NCc2ccc(C(=O)O)cc2F)c1. The van der Waals surface area contributed by atoms with E-state index in [0.29, 0.717) is 16.8 Å². The number of nitrogens with two attached hydrogens (primary N) is 1. The Morgan fingerprint density at radius 1 is 1.03 bits per heavy atom. The number of benzene rings is 3. The van der Waals surface area contributed by atoms with Gasteiger partial charge in [0.25, 0.3) is 5.91 Å². The van der Waals surface area contributed by atoms with Crippen LogP contribution in [0.1, 0.15) is 43.0 Å². The van der Waals surface area contributed by atoms with Crippen LogP contribution in [0.3, 0.4) is 0 Å². The molecule has 0 bridgehead atoms. The zero-order valence-corrected chi connectivity index (χ0v) is 18.4. The predicted molar refractivity (Wildman–Crippen MR) is 125 cm³/mol. The quantitative estimate of drug-likeness (QED) is 0.307. The van der Waals surface area contributed by atoms with Gasteiger partial charge in [-0.05, 0) is 42.8 Å². The Morgan fingerprint density at radius 3 is 2.36 bits per heavy atom. The number of carboxylic acid groups (broad SMARTS) is 1. The zero-order chi connectivity index (χ0) is 24.1. The van der Waals surface area contributed by atoms with Crippen molar-refractivity contribution in [2.24, 2.45) is 5.73 Å². The summed E-state index contributed by atoms with van der Waals surface area (Å²) in [5, 5.41) is 19.8. The topological polar surface area (TPSA) is 120 Å². The van der Waals surface area contributed by atoms with E-state index in [9.17, 15) is 14.0 Å². The number of aryl methyl sites for hydroxylation is 1. The van der Waals surface area contributed by atoms with Crippen molar-refractivity contribution < 1.29 is 19.1 Å². The average Bonchev–Trinajstić information content (AvgIpc) is 2.78. The first-order valence-corrected chi connectivity index (χ1v) is 10.2. The fourth-order valence-corrected chi connectivity index (χ4v) is 3.39. The van der Waals surface area contributed by atoms with E-state index in [2.05, 4.69) is 5.32 Å². The number of aromatic carboxylic acids is 1. The van der Waals surface area contributed by atoms with Gasteiger partial charge >= 0.3 is 5.97 Å². The van der Waals surface area contributed by atoms with E-state index in [-0.39, 0.29) is 36.0 Å². The number of rotatable bonds is 8. The van der Waals surface area contributed by atoms with Crippen molar-refractivity contribution in [1.82, 2.24) is 4.90 Å². The molecule has 0 saturated carbocycles. The van der Waals surface area contributed by atoms with Gasteiger partial charge in [-0.3, -0.25) is 10.2 Å². The van der Waals surface area contributed by atoms with Crippen LogP contribution in [0.25, 0.3) is 0 Å². The van der Waals surface area contributed by atoms with Gasteiger partial charge in [0.05, 0.1) is 5.56 Å². The molecule has 3 aromatic rings. The van der Waals surface area contributed by atoms with E-state index in [1.165, 1.54) is 12.1 Å². The largest absolute Gasteiger partial charge is 0.478 e. The molecule has 0 heterocycles. The fraction of sp³-hybridized carbons (Fsp3) is 0.160. The van der Waals surface area contributed by atoms with E-state index in [0.717, 1.165) is 17.2 Å². The van der Waals surface area contributed by atoms with Crippen molar-refractivity contribution >= 4 is 23.4 Å². The minimum absolute atomic E-state index is 0.0790.